The molecule has 6 nitrogen and oxygen atoms in total. The Morgan fingerprint density at radius 3 is 2.22 bits per heavy atom. The van der Waals surface area contributed by atoms with Gasteiger partial charge in [-0.05, 0) is 48.6 Å². The Kier molecular flexibility index (Phi) is 9.51. The quantitative estimate of drug-likeness (QED) is 0.522. The molecule has 7 heteroatoms. The zero-order chi connectivity index (χ0) is 25.5. The second kappa shape index (κ2) is 13.2. The number of likely N-dealkylation sites (tertiary alicyclic amines) is 1. The maximum atomic E-state index is 13.2. The molecular weight excluding hydrogens is 484 g/mol. The zero-order valence-electron chi connectivity index (χ0n) is 21.9. The summed E-state index contributed by atoms with van der Waals surface area (Å²) in [5.41, 5.74) is 2.65. The van der Waals surface area contributed by atoms with E-state index in [2.05, 4.69) is 62.1 Å². The molecule has 3 saturated heterocycles. The summed E-state index contributed by atoms with van der Waals surface area (Å²) < 4.78 is 5.63. The number of halogens is 1. The first-order valence-corrected chi connectivity index (χ1v) is 14.3. The van der Waals surface area contributed by atoms with Gasteiger partial charge in [-0.25, -0.2) is 0 Å². The van der Waals surface area contributed by atoms with Crippen molar-refractivity contribution in [2.24, 2.45) is 5.92 Å². The van der Waals surface area contributed by atoms with Crippen LogP contribution in [0, 0.1) is 5.92 Å². The third-order valence-electron chi connectivity index (χ3n) is 8.32. The lowest BCUT2D eigenvalue weighted by molar-refractivity contribution is -0.133. The number of hydrogen-bond donors (Lipinski definition) is 0. The van der Waals surface area contributed by atoms with Gasteiger partial charge in [0, 0.05) is 76.4 Å². The summed E-state index contributed by atoms with van der Waals surface area (Å²) in [5.74, 6) is 0.831. The van der Waals surface area contributed by atoms with Gasteiger partial charge in [0.1, 0.15) is 0 Å². The first-order chi connectivity index (χ1) is 18.1. The van der Waals surface area contributed by atoms with Crippen LogP contribution in [0.15, 0.2) is 54.6 Å². The first kappa shape index (κ1) is 26.6. The van der Waals surface area contributed by atoms with Crippen molar-refractivity contribution in [1.82, 2.24) is 19.6 Å². The fourth-order valence-electron chi connectivity index (χ4n) is 6.22. The molecule has 3 aliphatic heterocycles. The van der Waals surface area contributed by atoms with E-state index < -0.39 is 0 Å². The van der Waals surface area contributed by atoms with Crippen LogP contribution in [0.1, 0.15) is 30.4 Å². The highest BCUT2D eigenvalue weighted by Gasteiger charge is 2.34. The van der Waals surface area contributed by atoms with Crippen molar-refractivity contribution in [3.05, 3.63) is 70.7 Å². The molecule has 3 fully saturated rings. The van der Waals surface area contributed by atoms with E-state index in [9.17, 15) is 4.79 Å². The molecule has 0 unspecified atom stereocenters. The van der Waals surface area contributed by atoms with Gasteiger partial charge < -0.3 is 9.64 Å². The van der Waals surface area contributed by atoms with E-state index >= 15 is 0 Å². The van der Waals surface area contributed by atoms with Gasteiger partial charge in [0.2, 0.25) is 5.91 Å². The molecule has 0 spiro atoms. The van der Waals surface area contributed by atoms with Gasteiger partial charge in [0.05, 0.1) is 13.2 Å². The number of ether oxygens (including phenoxy) is 1. The van der Waals surface area contributed by atoms with Crippen molar-refractivity contribution >= 4 is 17.5 Å². The number of hydrogen-bond acceptors (Lipinski definition) is 5. The predicted octanol–water partition coefficient (Wildman–Crippen LogP) is 3.99. The molecule has 0 aromatic heterocycles. The number of amides is 1. The highest BCUT2D eigenvalue weighted by Crippen LogP contribution is 2.28. The maximum absolute atomic E-state index is 13.2. The Morgan fingerprint density at radius 1 is 0.811 bits per heavy atom. The summed E-state index contributed by atoms with van der Waals surface area (Å²) in [4.78, 5) is 23.0. The van der Waals surface area contributed by atoms with Crippen molar-refractivity contribution in [3.63, 3.8) is 0 Å². The topological polar surface area (TPSA) is 39.3 Å². The molecule has 0 bridgehead atoms. The lowest BCUT2D eigenvalue weighted by atomic mass is 9.86. The van der Waals surface area contributed by atoms with Crippen LogP contribution in [0.5, 0.6) is 0 Å². The predicted molar refractivity (Wildman–Crippen MR) is 149 cm³/mol. The number of nitrogens with zero attached hydrogens (tertiary/aromatic N) is 4. The maximum Gasteiger partial charge on any atom is 0.222 e. The number of morpholine rings is 1. The van der Waals surface area contributed by atoms with Crippen molar-refractivity contribution in [1.29, 1.82) is 0 Å². The molecule has 0 N–H and O–H groups in total. The minimum atomic E-state index is 0.329. The zero-order valence-corrected chi connectivity index (χ0v) is 22.7. The molecule has 0 aliphatic carbocycles. The third kappa shape index (κ3) is 7.55. The lowest BCUT2D eigenvalue weighted by Gasteiger charge is -2.45. The summed E-state index contributed by atoms with van der Waals surface area (Å²) in [5, 5.41) is 0.784. The van der Waals surface area contributed by atoms with Crippen LogP contribution < -0.4 is 0 Å². The number of benzene rings is 2. The molecule has 0 saturated carbocycles. The van der Waals surface area contributed by atoms with E-state index in [0.29, 0.717) is 24.3 Å². The van der Waals surface area contributed by atoms with E-state index in [4.69, 9.17) is 16.3 Å². The number of rotatable bonds is 8. The monoisotopic (exact) mass is 524 g/mol. The lowest BCUT2D eigenvalue weighted by Crippen LogP contribution is -2.54. The van der Waals surface area contributed by atoms with E-state index in [1.165, 1.54) is 11.1 Å². The van der Waals surface area contributed by atoms with Gasteiger partial charge in [0.15, 0.2) is 0 Å². The van der Waals surface area contributed by atoms with Crippen molar-refractivity contribution < 1.29 is 9.53 Å². The van der Waals surface area contributed by atoms with Crippen LogP contribution in [-0.4, -0.2) is 97.1 Å². The number of carbonyl (C=O) groups excluding carboxylic acids is 1. The smallest absolute Gasteiger partial charge is 0.222 e. The second-order valence-corrected chi connectivity index (χ2v) is 11.2. The van der Waals surface area contributed by atoms with Crippen LogP contribution in [0.4, 0.5) is 0 Å². The molecule has 2 aromatic rings. The van der Waals surface area contributed by atoms with E-state index in [1.54, 1.807) is 0 Å². The van der Waals surface area contributed by atoms with Gasteiger partial charge in [0.25, 0.3) is 0 Å². The summed E-state index contributed by atoms with van der Waals surface area (Å²) in [6.45, 7) is 11.3. The van der Waals surface area contributed by atoms with Crippen LogP contribution in [0.3, 0.4) is 0 Å². The van der Waals surface area contributed by atoms with Gasteiger partial charge >= 0.3 is 0 Å². The molecule has 200 valence electrons. The largest absolute Gasteiger partial charge is 0.379 e. The Balaban J connectivity index is 1.14. The molecule has 2 atom stereocenters. The fourth-order valence-corrected chi connectivity index (χ4v) is 6.35. The highest BCUT2D eigenvalue weighted by molar-refractivity contribution is 6.30. The van der Waals surface area contributed by atoms with Crippen molar-refractivity contribution in [2.45, 2.75) is 38.4 Å². The third-order valence-corrected chi connectivity index (χ3v) is 8.57. The van der Waals surface area contributed by atoms with Crippen molar-refractivity contribution in [3.8, 4) is 0 Å². The molecule has 2 aromatic carbocycles. The average molecular weight is 525 g/mol. The molecule has 3 aliphatic rings. The Hall–Kier alpha value is -1.96. The number of piperazine rings is 1. The first-order valence-electron chi connectivity index (χ1n) is 14.0. The van der Waals surface area contributed by atoms with Crippen molar-refractivity contribution in [2.75, 3.05) is 65.6 Å². The summed E-state index contributed by atoms with van der Waals surface area (Å²) in [6.07, 6.45) is 2.77. The number of piperidine rings is 1. The summed E-state index contributed by atoms with van der Waals surface area (Å²) >= 11 is 6.09. The van der Waals surface area contributed by atoms with Gasteiger partial charge in [-0.1, -0.05) is 54.1 Å². The molecular formula is C30H41ClN4O2. The molecule has 5 rings (SSSR count). The summed E-state index contributed by atoms with van der Waals surface area (Å²) in [6, 6.07) is 19.4. The van der Waals surface area contributed by atoms with Crippen LogP contribution in [0.2, 0.25) is 5.02 Å². The SMILES string of the molecule is O=C(CC[C@H]1CN(Cc2ccc(Cl)cc2)CC[C@H]1N1CCOCC1)N1CCN(Cc2ccccc2)CC1. The fraction of sp³-hybridized carbons (Fsp3) is 0.567. The van der Waals surface area contributed by atoms with Crippen LogP contribution >= 0.6 is 11.6 Å². The molecule has 37 heavy (non-hydrogen) atoms. The normalized spacial score (nSPS) is 24.3. The average Bonchev–Trinajstić information content (AvgIpc) is 2.94. The van der Waals surface area contributed by atoms with Gasteiger partial charge in [-0.3, -0.25) is 19.5 Å². The molecule has 1 amide bonds. The van der Waals surface area contributed by atoms with E-state index in [-0.39, 0.29) is 0 Å². The molecule has 3 heterocycles. The minimum absolute atomic E-state index is 0.329. The Bertz CT molecular complexity index is 975. The second-order valence-electron chi connectivity index (χ2n) is 10.8. The number of carbonyl (C=O) groups is 1. The highest BCUT2D eigenvalue weighted by atomic mass is 35.5. The van der Waals surface area contributed by atoms with E-state index in [1.807, 2.05) is 12.1 Å². The summed E-state index contributed by atoms with van der Waals surface area (Å²) in [7, 11) is 0. The van der Waals surface area contributed by atoms with Crippen LogP contribution in [-0.2, 0) is 22.6 Å². The van der Waals surface area contributed by atoms with E-state index in [0.717, 1.165) is 96.5 Å². The molecule has 0 radical (unpaired) electrons. The Morgan fingerprint density at radius 2 is 1.49 bits per heavy atom. The Labute approximate surface area is 227 Å². The van der Waals surface area contributed by atoms with Crippen LogP contribution in [0.25, 0.3) is 0 Å². The minimum Gasteiger partial charge on any atom is -0.379 e. The van der Waals surface area contributed by atoms with Gasteiger partial charge in [-0.15, -0.1) is 0 Å². The standard InChI is InChI=1S/C30H41ClN4O2/c31-28-9-6-26(7-10-28)23-33-13-12-29(34-18-20-37-21-19-34)27(24-33)8-11-30(36)35-16-14-32(15-17-35)22-25-4-2-1-3-5-25/h1-7,9-10,27,29H,8,11-24H2/t27-,29+/m0/s1. The van der Waals surface area contributed by atoms with Gasteiger partial charge in [-0.2, -0.15) is 0 Å².